The van der Waals surface area contributed by atoms with Gasteiger partial charge in [0, 0.05) is 25.9 Å². The molecule has 0 saturated carbocycles. The van der Waals surface area contributed by atoms with Gasteiger partial charge in [0.15, 0.2) is 0 Å². The number of nitrogens with one attached hydrogen (secondary N) is 1. The molecule has 1 N–H and O–H groups in total. The van der Waals surface area contributed by atoms with Crippen LogP contribution in [0.25, 0.3) is 0 Å². The fraction of sp³-hybridized carbons (Fsp3) is 0.143. The van der Waals surface area contributed by atoms with E-state index < -0.39 is 11.7 Å². The number of nitrogens with zero attached hydrogens (tertiary/aromatic N) is 1. The number of aryl methyl sites for hydroxylation is 1. The van der Waals surface area contributed by atoms with Gasteiger partial charge in [-0.2, -0.15) is 0 Å². The molecule has 98 valence electrons. The minimum absolute atomic E-state index is 0.00678. The van der Waals surface area contributed by atoms with Gasteiger partial charge in [0.2, 0.25) is 5.56 Å². The van der Waals surface area contributed by atoms with E-state index >= 15 is 0 Å². The Labute approximate surface area is 109 Å². The van der Waals surface area contributed by atoms with Gasteiger partial charge in [-0.25, -0.2) is 4.39 Å². The quantitative estimate of drug-likeness (QED) is 0.908. The molecule has 1 aromatic heterocycles. The van der Waals surface area contributed by atoms with Gasteiger partial charge in [0.1, 0.15) is 5.82 Å². The SMILES string of the molecule is Cn1cc(CNC(=O)c2ccccc2F)ccc1=O. The van der Waals surface area contributed by atoms with Crippen molar-refractivity contribution in [3.8, 4) is 0 Å². The maximum absolute atomic E-state index is 13.4. The fourth-order valence-electron chi connectivity index (χ4n) is 1.68. The summed E-state index contributed by atoms with van der Waals surface area (Å²) >= 11 is 0. The van der Waals surface area contributed by atoms with Gasteiger partial charge in [0.05, 0.1) is 5.56 Å². The van der Waals surface area contributed by atoms with Crippen LogP contribution in [0.2, 0.25) is 0 Å². The number of pyridine rings is 1. The molecule has 0 radical (unpaired) electrons. The van der Waals surface area contributed by atoms with Gasteiger partial charge in [-0.05, 0) is 17.7 Å². The van der Waals surface area contributed by atoms with Crippen molar-refractivity contribution in [2.24, 2.45) is 7.05 Å². The first kappa shape index (κ1) is 13.0. The summed E-state index contributed by atoms with van der Waals surface area (Å²) in [5.41, 5.74) is 0.656. The summed E-state index contributed by atoms with van der Waals surface area (Å²) in [5, 5.41) is 2.61. The Hall–Kier alpha value is -2.43. The Balaban J connectivity index is 2.06. The second-order valence-electron chi connectivity index (χ2n) is 4.15. The number of carbonyl (C=O) groups is 1. The number of hydrogen-bond donors (Lipinski definition) is 1. The average Bonchev–Trinajstić information content (AvgIpc) is 2.40. The van der Waals surface area contributed by atoms with Crippen LogP contribution in [0.4, 0.5) is 4.39 Å². The van der Waals surface area contributed by atoms with E-state index in [4.69, 9.17) is 0 Å². The van der Waals surface area contributed by atoms with Gasteiger partial charge in [-0.3, -0.25) is 9.59 Å². The third kappa shape index (κ3) is 3.07. The lowest BCUT2D eigenvalue weighted by Crippen LogP contribution is -2.25. The normalized spacial score (nSPS) is 10.2. The Morgan fingerprint density at radius 2 is 2.00 bits per heavy atom. The number of hydrogen-bond acceptors (Lipinski definition) is 2. The number of rotatable bonds is 3. The molecule has 2 rings (SSSR count). The first-order valence-corrected chi connectivity index (χ1v) is 5.76. The van der Waals surface area contributed by atoms with Gasteiger partial charge in [-0.1, -0.05) is 18.2 Å². The first-order chi connectivity index (χ1) is 9.08. The zero-order valence-corrected chi connectivity index (χ0v) is 10.4. The minimum Gasteiger partial charge on any atom is -0.348 e. The summed E-state index contributed by atoms with van der Waals surface area (Å²) in [7, 11) is 1.63. The van der Waals surface area contributed by atoms with Crippen LogP contribution < -0.4 is 10.9 Å². The summed E-state index contributed by atoms with van der Waals surface area (Å²) in [6.45, 7) is 0.237. The van der Waals surface area contributed by atoms with Crippen molar-refractivity contribution in [3.05, 3.63) is 69.9 Å². The maximum Gasteiger partial charge on any atom is 0.254 e. The molecule has 4 nitrogen and oxygen atoms in total. The summed E-state index contributed by atoms with van der Waals surface area (Å²) in [6, 6.07) is 8.84. The highest BCUT2D eigenvalue weighted by Crippen LogP contribution is 2.06. The second kappa shape index (κ2) is 5.48. The predicted octanol–water partition coefficient (Wildman–Crippen LogP) is 1.45. The molecule has 0 spiro atoms. The number of halogens is 1. The van der Waals surface area contributed by atoms with Gasteiger partial charge in [0.25, 0.3) is 5.91 Å². The largest absolute Gasteiger partial charge is 0.348 e. The third-order valence-corrected chi connectivity index (χ3v) is 2.72. The van der Waals surface area contributed by atoms with E-state index in [-0.39, 0.29) is 17.7 Å². The van der Waals surface area contributed by atoms with E-state index in [1.807, 2.05) is 0 Å². The molecular formula is C14H13FN2O2. The van der Waals surface area contributed by atoms with Crippen LogP contribution in [0, 0.1) is 5.82 Å². The number of carbonyl (C=O) groups excluding carboxylic acids is 1. The number of aromatic nitrogens is 1. The van der Waals surface area contributed by atoms with Crippen LogP contribution in [-0.2, 0) is 13.6 Å². The molecule has 0 saturated heterocycles. The topological polar surface area (TPSA) is 51.1 Å². The van der Waals surface area contributed by atoms with Crippen LogP contribution in [0.15, 0.2) is 47.4 Å². The molecule has 0 fully saturated rings. The van der Waals surface area contributed by atoms with Crippen LogP contribution in [0.5, 0.6) is 0 Å². The average molecular weight is 260 g/mol. The Bertz CT molecular complexity index is 664. The summed E-state index contributed by atoms with van der Waals surface area (Å²) in [4.78, 5) is 23.0. The van der Waals surface area contributed by atoms with Gasteiger partial charge in [-0.15, -0.1) is 0 Å². The molecule has 0 aliphatic heterocycles. The molecule has 2 aromatic rings. The molecule has 0 bridgehead atoms. The molecule has 1 aromatic carbocycles. The molecule has 1 amide bonds. The zero-order valence-electron chi connectivity index (χ0n) is 10.4. The molecule has 5 heteroatoms. The highest BCUT2D eigenvalue weighted by Gasteiger charge is 2.10. The highest BCUT2D eigenvalue weighted by molar-refractivity contribution is 5.94. The summed E-state index contributed by atoms with van der Waals surface area (Å²) < 4.78 is 14.8. The maximum atomic E-state index is 13.4. The molecule has 0 unspecified atom stereocenters. The van der Waals surface area contributed by atoms with Crippen molar-refractivity contribution >= 4 is 5.91 Å². The van der Waals surface area contributed by atoms with E-state index in [1.54, 1.807) is 25.4 Å². The predicted molar refractivity (Wildman–Crippen MR) is 69.3 cm³/mol. The van der Waals surface area contributed by atoms with Gasteiger partial charge < -0.3 is 9.88 Å². The van der Waals surface area contributed by atoms with Crippen LogP contribution in [0.3, 0.4) is 0 Å². The fourth-order valence-corrected chi connectivity index (χ4v) is 1.68. The van der Waals surface area contributed by atoms with E-state index in [1.165, 1.54) is 28.8 Å². The van der Waals surface area contributed by atoms with Gasteiger partial charge >= 0.3 is 0 Å². The van der Waals surface area contributed by atoms with Crippen molar-refractivity contribution in [2.75, 3.05) is 0 Å². The lowest BCUT2D eigenvalue weighted by atomic mass is 10.2. The zero-order chi connectivity index (χ0) is 13.8. The van der Waals surface area contributed by atoms with E-state index in [0.717, 1.165) is 5.56 Å². The van der Waals surface area contributed by atoms with Crippen molar-refractivity contribution in [1.29, 1.82) is 0 Å². The minimum atomic E-state index is -0.555. The molecule has 1 heterocycles. The van der Waals surface area contributed by atoms with E-state index in [0.29, 0.717) is 0 Å². The first-order valence-electron chi connectivity index (χ1n) is 5.76. The molecular weight excluding hydrogens is 247 g/mol. The molecule has 19 heavy (non-hydrogen) atoms. The van der Waals surface area contributed by atoms with Crippen molar-refractivity contribution in [1.82, 2.24) is 9.88 Å². The Morgan fingerprint density at radius 3 is 2.68 bits per heavy atom. The lowest BCUT2D eigenvalue weighted by Gasteiger charge is -2.07. The lowest BCUT2D eigenvalue weighted by molar-refractivity contribution is 0.0947. The van der Waals surface area contributed by atoms with Crippen molar-refractivity contribution in [2.45, 2.75) is 6.54 Å². The Kier molecular flexibility index (Phi) is 3.75. The van der Waals surface area contributed by atoms with Crippen molar-refractivity contribution in [3.63, 3.8) is 0 Å². The molecule has 0 atom stereocenters. The molecule has 0 aliphatic rings. The Morgan fingerprint density at radius 1 is 1.26 bits per heavy atom. The van der Waals surface area contributed by atoms with E-state index in [2.05, 4.69) is 5.32 Å². The van der Waals surface area contributed by atoms with Crippen molar-refractivity contribution < 1.29 is 9.18 Å². The van der Waals surface area contributed by atoms with Crippen LogP contribution in [-0.4, -0.2) is 10.5 Å². The molecule has 0 aliphatic carbocycles. The summed E-state index contributed by atoms with van der Waals surface area (Å²) in [5.74, 6) is -1.03. The summed E-state index contributed by atoms with van der Waals surface area (Å²) in [6.07, 6.45) is 1.63. The number of amides is 1. The highest BCUT2D eigenvalue weighted by atomic mass is 19.1. The second-order valence-corrected chi connectivity index (χ2v) is 4.15. The number of benzene rings is 1. The monoisotopic (exact) mass is 260 g/mol. The van der Waals surface area contributed by atoms with Crippen LogP contribution in [0.1, 0.15) is 15.9 Å². The smallest absolute Gasteiger partial charge is 0.254 e. The van der Waals surface area contributed by atoms with Crippen LogP contribution >= 0.6 is 0 Å². The standard InChI is InChI=1S/C14H13FN2O2/c1-17-9-10(6-7-13(17)18)8-16-14(19)11-4-2-3-5-12(11)15/h2-7,9H,8H2,1H3,(H,16,19). The van der Waals surface area contributed by atoms with E-state index in [9.17, 15) is 14.0 Å². The third-order valence-electron chi connectivity index (χ3n) is 2.72.